The van der Waals surface area contributed by atoms with E-state index >= 15 is 0 Å². The summed E-state index contributed by atoms with van der Waals surface area (Å²) in [5.41, 5.74) is 0. The Kier molecular flexibility index (Phi) is 31.6. The molecule has 1 aliphatic heterocycles. The van der Waals surface area contributed by atoms with Crippen molar-refractivity contribution in [3.05, 3.63) is 0 Å². The molecule has 9 N–H and O–H groups in total. The van der Waals surface area contributed by atoms with E-state index in [1.54, 1.807) is 55.4 Å². The normalized spacial score (nSPS) is 23.9. The minimum absolute atomic E-state index is 0.0395. The molecule has 4 unspecified atom stereocenters. The first kappa shape index (κ1) is 66.7. The summed E-state index contributed by atoms with van der Waals surface area (Å²) in [6.45, 7) is 22.1. The number of hydrogen-bond acceptors (Lipinski definition) is 11. The van der Waals surface area contributed by atoms with E-state index in [1.807, 2.05) is 13.8 Å². The molecule has 0 bridgehead atoms. The summed E-state index contributed by atoms with van der Waals surface area (Å²) in [6.07, 6.45) is 6.28. The number of carbonyl (C=O) groups excluding carboxylic acids is 8. The molecule has 0 aromatic rings. The molecule has 20 nitrogen and oxygen atoms in total. The van der Waals surface area contributed by atoms with Crippen molar-refractivity contribution in [1.29, 1.82) is 0 Å². The molecule has 424 valence electrons. The Hall–Kier alpha value is -5.30. The number of cyclic esters (lactones) is 1. The Morgan fingerprint density at radius 3 is 1.27 bits per heavy atom. The molecule has 0 spiro atoms. The highest BCUT2D eigenvalue weighted by Crippen LogP contribution is 2.19. The molecule has 1 aliphatic rings. The first-order chi connectivity index (χ1) is 34.6. The Labute approximate surface area is 440 Å². The molecule has 0 aromatic carbocycles. The van der Waals surface area contributed by atoms with Crippen LogP contribution in [0, 0.1) is 35.5 Å². The van der Waals surface area contributed by atoms with Crippen LogP contribution < -0.4 is 37.2 Å². The monoisotopic (exact) mass is 1050 g/mol. The van der Waals surface area contributed by atoms with E-state index in [2.05, 4.69) is 51.1 Å². The number of amides is 7. The molecule has 1 heterocycles. The second-order valence-corrected chi connectivity index (χ2v) is 22.8. The molecular weight excluding hydrogens is 955 g/mol. The van der Waals surface area contributed by atoms with Gasteiger partial charge in [0.25, 0.3) is 0 Å². The van der Waals surface area contributed by atoms with Gasteiger partial charge in [-0.1, -0.05) is 134 Å². The SMILES string of the molecule is CC(C)CCCCCCCCCCC1CC(=O)N[C@@H](CCC(=O)O)C(=O)NC(CC(C)C)C(=O)N[C@H](CC(C)C)C(=O)N[C@@H](C(C)C)C(=O)NC(CC(=O)O)C(=O)N[C@H](CC(C)C)C(=O)NC(CC(C)C)C(=O)O1. The summed E-state index contributed by atoms with van der Waals surface area (Å²) in [7, 11) is 0. The number of nitrogens with one attached hydrogen (secondary N) is 7. The van der Waals surface area contributed by atoms with Gasteiger partial charge in [0.15, 0.2) is 0 Å². The van der Waals surface area contributed by atoms with Crippen LogP contribution in [-0.4, -0.2) is 118 Å². The number of rotatable bonds is 25. The smallest absolute Gasteiger partial charge is 0.328 e. The maximum Gasteiger partial charge on any atom is 0.328 e. The number of carboxylic acid groups (broad SMARTS) is 2. The van der Waals surface area contributed by atoms with Crippen LogP contribution in [-0.2, 0) is 52.7 Å². The third-order valence-electron chi connectivity index (χ3n) is 12.6. The molecule has 0 aliphatic carbocycles. The van der Waals surface area contributed by atoms with E-state index in [1.165, 1.54) is 19.3 Å². The first-order valence-corrected chi connectivity index (χ1v) is 27.3. The second kappa shape index (κ2) is 35.0. The van der Waals surface area contributed by atoms with Gasteiger partial charge in [0.1, 0.15) is 48.4 Å². The number of carbonyl (C=O) groups is 10. The average Bonchev–Trinajstić information content (AvgIpc) is 3.27. The highest BCUT2D eigenvalue weighted by molar-refractivity contribution is 5.98. The van der Waals surface area contributed by atoms with E-state index in [9.17, 15) is 58.2 Å². The van der Waals surface area contributed by atoms with Gasteiger partial charge in [0.05, 0.1) is 12.8 Å². The molecule has 7 amide bonds. The van der Waals surface area contributed by atoms with Crippen molar-refractivity contribution < 1.29 is 62.9 Å². The number of hydrogen-bond donors (Lipinski definition) is 9. The minimum atomic E-state index is -1.72. The lowest BCUT2D eigenvalue weighted by Crippen LogP contribution is -2.61. The molecule has 0 aromatic heterocycles. The predicted molar refractivity (Wildman–Crippen MR) is 281 cm³/mol. The van der Waals surface area contributed by atoms with E-state index in [-0.39, 0.29) is 62.2 Å². The van der Waals surface area contributed by atoms with Crippen molar-refractivity contribution in [1.82, 2.24) is 37.2 Å². The summed E-state index contributed by atoms with van der Waals surface area (Å²) in [6, 6.07) is -9.64. The van der Waals surface area contributed by atoms with Crippen molar-refractivity contribution >= 4 is 59.3 Å². The fourth-order valence-electron chi connectivity index (χ4n) is 8.75. The van der Waals surface area contributed by atoms with Gasteiger partial charge in [-0.15, -0.1) is 0 Å². The van der Waals surface area contributed by atoms with Crippen molar-refractivity contribution in [2.45, 2.75) is 247 Å². The van der Waals surface area contributed by atoms with Gasteiger partial charge < -0.3 is 52.2 Å². The fraction of sp³-hybridized carbons (Fsp3) is 0.815. The zero-order chi connectivity index (χ0) is 56.2. The van der Waals surface area contributed by atoms with Crippen LogP contribution in [0.3, 0.4) is 0 Å². The third kappa shape index (κ3) is 28.4. The Balaban J connectivity index is 3.92. The van der Waals surface area contributed by atoms with Crippen molar-refractivity contribution in [2.75, 3.05) is 0 Å². The molecule has 1 fully saturated rings. The van der Waals surface area contributed by atoms with Crippen molar-refractivity contribution in [3.63, 3.8) is 0 Å². The molecule has 8 atom stereocenters. The molecule has 0 radical (unpaired) electrons. The fourth-order valence-corrected chi connectivity index (χ4v) is 8.75. The molecule has 1 saturated heterocycles. The van der Waals surface area contributed by atoms with Crippen LogP contribution in [0.2, 0.25) is 0 Å². The topological polar surface area (TPSA) is 305 Å². The number of ether oxygens (including phenoxy) is 1. The summed E-state index contributed by atoms with van der Waals surface area (Å²) in [5, 5.41) is 37.9. The zero-order valence-corrected chi connectivity index (χ0v) is 46.7. The van der Waals surface area contributed by atoms with Crippen LogP contribution in [0.4, 0.5) is 0 Å². The van der Waals surface area contributed by atoms with Crippen molar-refractivity contribution in [2.24, 2.45) is 35.5 Å². The largest absolute Gasteiger partial charge is 0.481 e. The highest BCUT2D eigenvalue weighted by atomic mass is 16.5. The van der Waals surface area contributed by atoms with E-state index in [4.69, 9.17) is 4.74 Å². The van der Waals surface area contributed by atoms with E-state index in [0.717, 1.165) is 32.1 Å². The first-order valence-electron chi connectivity index (χ1n) is 27.3. The molecule has 1 rings (SSSR count). The molecule has 20 heteroatoms. The lowest BCUT2D eigenvalue weighted by atomic mass is 9.98. The lowest BCUT2D eigenvalue weighted by molar-refractivity contribution is -0.155. The molecule has 0 saturated carbocycles. The minimum Gasteiger partial charge on any atom is -0.481 e. The maximum atomic E-state index is 14.2. The van der Waals surface area contributed by atoms with Gasteiger partial charge in [0.2, 0.25) is 41.4 Å². The number of unbranched alkanes of at least 4 members (excludes halogenated alkanes) is 7. The standard InChI is InChI=1S/C54H95N7O13/c1-31(2)21-19-17-15-13-14-16-18-20-22-37-29-44(62)55-38(23-24-45(63)64)48(67)56-39(25-32(3)4)49(68)58-41(27-34(7)8)52(71)61-47(36(11)12)53(72)59-42(30-46(65)66)51(70)57-40(26-33(5)6)50(69)60-43(28-35(9)10)54(73)74-37/h31-43,47H,13-30H2,1-12H3,(H,55,62)(H,56,67)(H,57,70)(H,58,68)(H,59,72)(H,60,69)(H,61,71)(H,63,64)(H,65,66)/t37?,38-,39?,40+,41+,42?,43?,47-/m0/s1. The Morgan fingerprint density at radius 1 is 0.446 bits per heavy atom. The summed E-state index contributed by atoms with van der Waals surface area (Å²) < 4.78 is 6.05. The van der Waals surface area contributed by atoms with Gasteiger partial charge in [-0.3, -0.25) is 43.2 Å². The van der Waals surface area contributed by atoms with Crippen LogP contribution in [0.1, 0.15) is 199 Å². The quantitative estimate of drug-likeness (QED) is 0.0408. The number of carboxylic acids is 2. The van der Waals surface area contributed by atoms with Gasteiger partial charge >= 0.3 is 17.9 Å². The summed E-state index contributed by atoms with van der Waals surface area (Å²) in [4.78, 5) is 137. The molecule has 74 heavy (non-hydrogen) atoms. The van der Waals surface area contributed by atoms with Crippen molar-refractivity contribution in [3.8, 4) is 0 Å². The Bertz CT molecular complexity index is 1820. The second-order valence-electron chi connectivity index (χ2n) is 22.8. The van der Waals surface area contributed by atoms with E-state index < -0.39 is 133 Å². The zero-order valence-electron chi connectivity index (χ0n) is 46.7. The van der Waals surface area contributed by atoms with Gasteiger partial charge in [-0.2, -0.15) is 0 Å². The third-order valence-corrected chi connectivity index (χ3v) is 12.6. The van der Waals surface area contributed by atoms with Crippen LogP contribution in [0.15, 0.2) is 0 Å². The van der Waals surface area contributed by atoms with Crippen LogP contribution in [0.5, 0.6) is 0 Å². The summed E-state index contributed by atoms with van der Waals surface area (Å²) in [5.74, 6) is -10.1. The van der Waals surface area contributed by atoms with Crippen LogP contribution >= 0.6 is 0 Å². The Morgan fingerprint density at radius 2 is 0.838 bits per heavy atom. The average molecular weight is 1050 g/mol. The number of esters is 1. The molecular formula is C54H95N7O13. The lowest BCUT2D eigenvalue weighted by Gasteiger charge is -2.29. The van der Waals surface area contributed by atoms with Crippen LogP contribution in [0.25, 0.3) is 0 Å². The number of aliphatic carboxylic acids is 2. The van der Waals surface area contributed by atoms with E-state index in [0.29, 0.717) is 12.3 Å². The van der Waals surface area contributed by atoms with Gasteiger partial charge in [-0.05, 0) is 80.5 Å². The van der Waals surface area contributed by atoms with Gasteiger partial charge in [0, 0.05) is 6.42 Å². The maximum absolute atomic E-state index is 14.2. The van der Waals surface area contributed by atoms with Gasteiger partial charge in [-0.25, -0.2) is 4.79 Å². The predicted octanol–water partition coefficient (Wildman–Crippen LogP) is 5.43. The summed E-state index contributed by atoms with van der Waals surface area (Å²) >= 11 is 0. The highest BCUT2D eigenvalue weighted by Gasteiger charge is 2.37.